The molecule has 6 nitrogen and oxygen atoms in total. The Morgan fingerprint density at radius 1 is 1.07 bits per heavy atom. The molecule has 1 heterocycles. The van der Waals surface area contributed by atoms with Crippen molar-refractivity contribution in [3.63, 3.8) is 0 Å². The Morgan fingerprint density at radius 2 is 1.73 bits per heavy atom. The Morgan fingerprint density at radius 3 is 2.40 bits per heavy atom. The van der Waals surface area contributed by atoms with E-state index in [1.54, 1.807) is 0 Å². The zero-order valence-corrected chi connectivity index (χ0v) is 19.2. The van der Waals surface area contributed by atoms with Crippen LogP contribution in [0.25, 0.3) is 0 Å². The zero-order chi connectivity index (χ0) is 20.9. The summed E-state index contributed by atoms with van der Waals surface area (Å²) in [5.41, 5.74) is 2.12. The van der Waals surface area contributed by atoms with Crippen molar-refractivity contribution in [1.82, 2.24) is 14.5 Å². The Balaban J connectivity index is 1.48. The van der Waals surface area contributed by atoms with Crippen molar-refractivity contribution < 1.29 is 0 Å². The van der Waals surface area contributed by atoms with Gasteiger partial charge in [0, 0.05) is 39.5 Å². The number of nitrogens with two attached hydrogens (primary N) is 1. The van der Waals surface area contributed by atoms with Crippen LogP contribution in [0, 0.1) is 0 Å². The summed E-state index contributed by atoms with van der Waals surface area (Å²) >= 11 is 14.7. The first-order valence-electron chi connectivity index (χ1n) is 9.59. The molecule has 2 aromatic rings. The minimum atomic E-state index is 0.248. The first kappa shape index (κ1) is 21.8. The van der Waals surface area contributed by atoms with Crippen molar-refractivity contribution in [2.75, 3.05) is 6.54 Å². The molecular weight excluding hydrogens is 459 g/mol. The highest BCUT2D eigenvalue weighted by atomic mass is 35.5. The number of nitrogens with one attached hydrogen (secondary N) is 2. The van der Waals surface area contributed by atoms with E-state index < -0.39 is 0 Å². The molecule has 158 valence electrons. The number of aliphatic imine (C=N–C) groups is 1. The van der Waals surface area contributed by atoms with E-state index in [-0.39, 0.29) is 6.04 Å². The summed E-state index contributed by atoms with van der Waals surface area (Å²) in [6.07, 6.45) is 2.78. The van der Waals surface area contributed by atoms with Gasteiger partial charge in [-0.05, 0) is 66.8 Å². The smallest absolute Gasteiger partial charge is 0.225 e. The van der Waals surface area contributed by atoms with Crippen molar-refractivity contribution in [2.24, 2.45) is 15.2 Å². The largest absolute Gasteiger partial charge is 0.295 e. The molecule has 2 aliphatic rings. The number of hydrogen-bond acceptors (Lipinski definition) is 6. The Labute approximate surface area is 195 Å². The summed E-state index contributed by atoms with van der Waals surface area (Å²) in [5, 5.41) is 13.7. The van der Waals surface area contributed by atoms with E-state index >= 15 is 0 Å². The molecule has 2 aromatic carbocycles. The molecule has 30 heavy (non-hydrogen) atoms. The van der Waals surface area contributed by atoms with Crippen LogP contribution < -0.4 is 14.6 Å². The van der Waals surface area contributed by atoms with E-state index in [0.29, 0.717) is 6.04 Å². The topological polar surface area (TPSA) is 78.0 Å². The van der Waals surface area contributed by atoms with Crippen LogP contribution in [-0.2, 0) is 0 Å². The maximum atomic E-state index is 6.02. The average Bonchev–Trinajstić information content (AvgIpc) is 3.21. The van der Waals surface area contributed by atoms with Gasteiger partial charge >= 0.3 is 0 Å². The second-order valence-corrected chi connectivity index (χ2v) is 9.32. The van der Waals surface area contributed by atoms with Crippen LogP contribution in [0.2, 0.25) is 10.0 Å². The Hall–Kier alpha value is -1.42. The van der Waals surface area contributed by atoms with Gasteiger partial charge < -0.3 is 0 Å². The summed E-state index contributed by atoms with van der Waals surface area (Å²) in [6.45, 7) is 0.776. The molecule has 0 atom stereocenters. The fraction of sp³-hybridized carbons (Fsp3) is 0.300. The Bertz CT molecular complexity index is 914. The Kier molecular flexibility index (Phi) is 7.45. The lowest BCUT2D eigenvalue weighted by atomic mass is 9.88. The van der Waals surface area contributed by atoms with Crippen LogP contribution in [0.5, 0.6) is 0 Å². The van der Waals surface area contributed by atoms with Crippen molar-refractivity contribution in [3.8, 4) is 0 Å². The monoisotopic (exact) mass is 480 g/mol. The SMILES string of the molecule is NSNC1CC(N=C(NSc2ccc(Cl)cc2)N2CCC(c3ccc(Cl)cc3)=N2)C1. The van der Waals surface area contributed by atoms with Gasteiger partial charge in [-0.3, -0.25) is 9.86 Å². The molecule has 1 fully saturated rings. The molecule has 4 N–H and O–H groups in total. The molecule has 1 aliphatic carbocycles. The van der Waals surface area contributed by atoms with Gasteiger partial charge in [0.05, 0.1) is 18.3 Å². The molecule has 1 saturated carbocycles. The maximum absolute atomic E-state index is 6.02. The van der Waals surface area contributed by atoms with Gasteiger partial charge in [-0.15, -0.1) is 0 Å². The molecule has 0 bridgehead atoms. The highest BCUT2D eigenvalue weighted by molar-refractivity contribution is 7.98. The van der Waals surface area contributed by atoms with Crippen molar-refractivity contribution >= 4 is 59.0 Å². The molecular formula is C20H22Cl2N6S2. The molecule has 0 unspecified atom stereocenters. The van der Waals surface area contributed by atoms with Crippen LogP contribution >= 0.6 is 47.3 Å². The van der Waals surface area contributed by atoms with Crippen molar-refractivity contribution in [2.45, 2.75) is 36.2 Å². The molecule has 0 amide bonds. The second kappa shape index (κ2) is 10.3. The molecule has 4 rings (SSSR count). The number of benzene rings is 2. The first-order valence-corrected chi connectivity index (χ1v) is 12.0. The number of guanidine groups is 1. The lowest BCUT2D eigenvalue weighted by Crippen LogP contribution is -2.43. The highest BCUT2D eigenvalue weighted by Gasteiger charge is 2.30. The number of rotatable bonds is 6. The standard InChI is InChI=1S/C20H22Cl2N6S2/c21-14-3-1-13(2-4-14)19-9-10-28(25-19)20(24-16-11-17(12-16)26-30-23)27-29-18-7-5-15(22)6-8-18/h1-8,16-17,26H,9-12,23H2,(H,24,27). The predicted molar refractivity (Wildman–Crippen MR) is 129 cm³/mol. The highest BCUT2D eigenvalue weighted by Crippen LogP contribution is 2.26. The third-order valence-electron chi connectivity index (χ3n) is 4.95. The quantitative estimate of drug-likeness (QED) is 0.316. The summed E-state index contributed by atoms with van der Waals surface area (Å²) in [4.78, 5) is 5.99. The van der Waals surface area contributed by atoms with Gasteiger partial charge in [-0.2, -0.15) is 5.10 Å². The van der Waals surface area contributed by atoms with Gasteiger partial charge in [0.2, 0.25) is 5.96 Å². The van der Waals surface area contributed by atoms with E-state index in [0.717, 1.165) is 58.0 Å². The van der Waals surface area contributed by atoms with E-state index in [9.17, 15) is 0 Å². The molecule has 0 radical (unpaired) electrons. The van der Waals surface area contributed by atoms with Crippen molar-refractivity contribution in [1.29, 1.82) is 0 Å². The second-order valence-electron chi connectivity index (χ2n) is 7.10. The third kappa shape index (κ3) is 5.63. The van der Waals surface area contributed by atoms with Crippen LogP contribution in [-0.4, -0.2) is 35.3 Å². The maximum Gasteiger partial charge on any atom is 0.225 e. The van der Waals surface area contributed by atoms with Crippen LogP contribution in [0.1, 0.15) is 24.8 Å². The van der Waals surface area contributed by atoms with E-state index in [1.807, 2.05) is 53.5 Å². The summed E-state index contributed by atoms with van der Waals surface area (Å²) in [5.74, 6) is 0.766. The van der Waals surface area contributed by atoms with Gasteiger partial charge in [-0.25, -0.2) is 14.7 Å². The predicted octanol–water partition coefficient (Wildman–Crippen LogP) is 4.70. The molecule has 0 spiro atoms. The number of hydrazone groups is 1. The first-order chi connectivity index (χ1) is 14.6. The van der Waals surface area contributed by atoms with E-state index in [2.05, 4.69) is 9.44 Å². The summed E-state index contributed by atoms with van der Waals surface area (Å²) in [6, 6.07) is 16.2. The molecule has 10 heteroatoms. The average molecular weight is 481 g/mol. The number of nitrogens with zero attached hydrogens (tertiary/aromatic N) is 3. The van der Waals surface area contributed by atoms with Gasteiger partial charge in [0.1, 0.15) is 0 Å². The van der Waals surface area contributed by atoms with Crippen LogP contribution in [0.3, 0.4) is 0 Å². The third-order valence-corrected chi connectivity index (χ3v) is 6.72. The number of hydrogen-bond donors (Lipinski definition) is 3. The lowest BCUT2D eigenvalue weighted by molar-refractivity contribution is 0.330. The normalized spacial score (nSPS) is 21.4. The molecule has 1 aliphatic heterocycles. The fourth-order valence-electron chi connectivity index (χ4n) is 3.27. The van der Waals surface area contributed by atoms with Gasteiger partial charge in [0.25, 0.3) is 0 Å². The van der Waals surface area contributed by atoms with E-state index in [1.165, 1.54) is 24.1 Å². The summed E-state index contributed by atoms with van der Waals surface area (Å²) in [7, 11) is 0. The van der Waals surface area contributed by atoms with Crippen molar-refractivity contribution in [3.05, 3.63) is 64.1 Å². The molecule has 0 aromatic heterocycles. The van der Waals surface area contributed by atoms with Gasteiger partial charge in [-0.1, -0.05) is 35.3 Å². The summed E-state index contributed by atoms with van der Waals surface area (Å²) < 4.78 is 6.58. The van der Waals surface area contributed by atoms with Crippen LogP contribution in [0.15, 0.2) is 63.5 Å². The fourth-order valence-corrected chi connectivity index (χ4v) is 4.54. The minimum Gasteiger partial charge on any atom is -0.295 e. The zero-order valence-electron chi connectivity index (χ0n) is 16.1. The van der Waals surface area contributed by atoms with Crippen LogP contribution in [0.4, 0.5) is 0 Å². The van der Waals surface area contributed by atoms with E-state index in [4.69, 9.17) is 38.4 Å². The minimum absolute atomic E-state index is 0.248. The number of halogens is 2. The molecule has 0 saturated heterocycles. The van der Waals surface area contributed by atoms with Gasteiger partial charge in [0.15, 0.2) is 0 Å². The lowest BCUT2D eigenvalue weighted by Gasteiger charge is -2.33.